The molecular weight excluding hydrogens is 470 g/mol. The molecule has 5 nitrogen and oxygen atoms in total. The number of nitrogens with one attached hydrogen (secondary N) is 2. The van der Waals surface area contributed by atoms with Gasteiger partial charge in [-0.3, -0.25) is 0 Å². The summed E-state index contributed by atoms with van der Waals surface area (Å²) in [5.74, 6) is 1.27. The molecule has 2 aliphatic heterocycles. The highest BCUT2D eigenvalue weighted by Crippen LogP contribution is 2.32. The average molecular weight is 504 g/mol. The van der Waals surface area contributed by atoms with Gasteiger partial charge in [-0.15, -0.1) is 24.0 Å². The van der Waals surface area contributed by atoms with E-state index in [1.54, 1.807) is 12.1 Å². The van der Waals surface area contributed by atoms with Crippen LogP contribution >= 0.6 is 24.0 Å². The molecule has 2 saturated heterocycles. The molecule has 2 fully saturated rings. The molecule has 1 aromatic carbocycles. The number of hydrogen-bond donors (Lipinski definition) is 2. The van der Waals surface area contributed by atoms with E-state index in [2.05, 4.69) is 29.5 Å². The minimum Gasteiger partial charge on any atom is -0.489 e. The molecule has 2 aliphatic rings. The van der Waals surface area contributed by atoms with Crippen molar-refractivity contribution in [1.82, 2.24) is 15.5 Å². The molecule has 2 heterocycles. The predicted molar refractivity (Wildman–Crippen MR) is 123 cm³/mol. The lowest BCUT2D eigenvalue weighted by molar-refractivity contribution is 0.0526. The first-order chi connectivity index (χ1) is 13.0. The van der Waals surface area contributed by atoms with Gasteiger partial charge in [0, 0.05) is 24.7 Å². The second-order valence-electron chi connectivity index (χ2n) is 7.82. The summed E-state index contributed by atoms with van der Waals surface area (Å²) >= 11 is 0. The van der Waals surface area contributed by atoms with Crippen LogP contribution in [0.5, 0.6) is 5.75 Å². The highest BCUT2D eigenvalue weighted by molar-refractivity contribution is 14.0. The summed E-state index contributed by atoms with van der Waals surface area (Å²) < 4.78 is 18.8. The standard InChI is InChI=1S/C21H33FN4O.HI/c1-4-23-21(24-14-15(2)27-20-10-8-16(22)9-11-20)25-17-12-18-6-5-7-19(13-17)26(18)3;/h8-11,15,17-19H,4-7,12-14H2,1-3H3,(H2,23,24,25);1H. The maximum absolute atomic E-state index is 13.0. The monoisotopic (exact) mass is 504 g/mol. The van der Waals surface area contributed by atoms with E-state index in [4.69, 9.17) is 9.73 Å². The fraction of sp³-hybridized carbons (Fsp3) is 0.667. The van der Waals surface area contributed by atoms with Crippen LogP contribution in [0.4, 0.5) is 4.39 Å². The third kappa shape index (κ3) is 6.47. The third-order valence-corrected chi connectivity index (χ3v) is 5.68. The lowest BCUT2D eigenvalue weighted by Gasteiger charge is -2.47. The number of halogens is 2. The van der Waals surface area contributed by atoms with Crippen LogP contribution in [0.15, 0.2) is 29.3 Å². The minimum absolute atomic E-state index is 0. The van der Waals surface area contributed by atoms with Crippen molar-refractivity contribution in [2.24, 2.45) is 4.99 Å². The van der Waals surface area contributed by atoms with Crippen LogP contribution in [0, 0.1) is 5.82 Å². The number of rotatable bonds is 6. The van der Waals surface area contributed by atoms with Gasteiger partial charge >= 0.3 is 0 Å². The van der Waals surface area contributed by atoms with E-state index in [9.17, 15) is 4.39 Å². The van der Waals surface area contributed by atoms with E-state index < -0.39 is 0 Å². The molecule has 0 radical (unpaired) electrons. The van der Waals surface area contributed by atoms with Crippen molar-refractivity contribution in [3.63, 3.8) is 0 Å². The Morgan fingerprint density at radius 2 is 1.89 bits per heavy atom. The predicted octanol–water partition coefficient (Wildman–Crippen LogP) is 3.78. The summed E-state index contributed by atoms with van der Waals surface area (Å²) in [5, 5.41) is 6.99. The minimum atomic E-state index is -0.255. The van der Waals surface area contributed by atoms with Gasteiger partial charge in [0.25, 0.3) is 0 Å². The molecule has 2 N–H and O–H groups in total. The van der Waals surface area contributed by atoms with Crippen molar-refractivity contribution in [3.05, 3.63) is 30.1 Å². The summed E-state index contributed by atoms with van der Waals surface area (Å²) in [5.41, 5.74) is 0. The van der Waals surface area contributed by atoms with Crippen molar-refractivity contribution < 1.29 is 9.13 Å². The van der Waals surface area contributed by atoms with Crippen LogP contribution in [0.3, 0.4) is 0 Å². The highest BCUT2D eigenvalue weighted by Gasteiger charge is 2.36. The van der Waals surface area contributed by atoms with Gasteiger partial charge in [-0.25, -0.2) is 9.38 Å². The first-order valence-electron chi connectivity index (χ1n) is 10.2. The lowest BCUT2D eigenvalue weighted by Crippen LogP contribution is -2.56. The number of piperidine rings is 2. The molecule has 3 rings (SSSR count). The first-order valence-corrected chi connectivity index (χ1v) is 10.2. The molecule has 7 heteroatoms. The van der Waals surface area contributed by atoms with Gasteiger partial charge in [-0.1, -0.05) is 6.42 Å². The van der Waals surface area contributed by atoms with Crippen LogP contribution in [-0.4, -0.2) is 55.2 Å². The van der Waals surface area contributed by atoms with Crippen LogP contribution < -0.4 is 15.4 Å². The van der Waals surface area contributed by atoms with Crippen LogP contribution in [0.2, 0.25) is 0 Å². The maximum atomic E-state index is 13.0. The van der Waals surface area contributed by atoms with E-state index in [0.29, 0.717) is 30.4 Å². The molecule has 0 aromatic heterocycles. The Morgan fingerprint density at radius 1 is 1.25 bits per heavy atom. The fourth-order valence-electron chi connectivity index (χ4n) is 4.25. The number of aliphatic imine (C=N–C) groups is 1. The molecule has 0 amide bonds. The van der Waals surface area contributed by atoms with Gasteiger partial charge in [0.15, 0.2) is 5.96 Å². The Kier molecular flexibility index (Phi) is 9.27. The summed E-state index contributed by atoms with van der Waals surface area (Å²) in [6.07, 6.45) is 6.25. The summed E-state index contributed by atoms with van der Waals surface area (Å²) in [7, 11) is 2.28. The SMILES string of the molecule is CCNC(=NCC(C)Oc1ccc(F)cc1)NC1CC2CCCC(C1)N2C.I. The molecule has 1 aromatic rings. The smallest absolute Gasteiger partial charge is 0.191 e. The Morgan fingerprint density at radius 3 is 2.50 bits per heavy atom. The number of benzene rings is 1. The van der Waals surface area contributed by atoms with E-state index >= 15 is 0 Å². The van der Waals surface area contributed by atoms with Crippen molar-refractivity contribution in [1.29, 1.82) is 0 Å². The Bertz CT molecular complexity index is 613. The first kappa shape index (κ1) is 23.2. The number of nitrogens with zero attached hydrogens (tertiary/aromatic N) is 2. The Balaban J connectivity index is 0.00000280. The van der Waals surface area contributed by atoms with Crippen LogP contribution in [0.25, 0.3) is 0 Å². The normalized spacial score (nSPS) is 26.1. The quantitative estimate of drug-likeness (QED) is 0.352. The molecular formula is C21H34FIN4O. The third-order valence-electron chi connectivity index (χ3n) is 5.68. The lowest BCUT2D eigenvalue weighted by atomic mass is 9.82. The zero-order valence-electron chi connectivity index (χ0n) is 17.2. The van der Waals surface area contributed by atoms with Crippen molar-refractivity contribution >= 4 is 29.9 Å². The second kappa shape index (κ2) is 11.2. The van der Waals surface area contributed by atoms with Crippen LogP contribution in [-0.2, 0) is 0 Å². The Labute approximate surface area is 185 Å². The van der Waals surface area contributed by atoms with Crippen molar-refractivity contribution in [2.75, 3.05) is 20.1 Å². The van der Waals surface area contributed by atoms with E-state index in [1.165, 1.54) is 44.2 Å². The molecule has 28 heavy (non-hydrogen) atoms. The summed E-state index contributed by atoms with van der Waals surface area (Å²) in [6.45, 7) is 5.44. The van der Waals surface area contributed by atoms with Gasteiger partial charge in [0.1, 0.15) is 17.7 Å². The van der Waals surface area contributed by atoms with Crippen molar-refractivity contribution in [2.45, 2.75) is 70.2 Å². The molecule has 0 spiro atoms. The number of ether oxygens (including phenoxy) is 1. The molecule has 158 valence electrons. The second-order valence-corrected chi connectivity index (χ2v) is 7.82. The topological polar surface area (TPSA) is 48.9 Å². The summed E-state index contributed by atoms with van der Waals surface area (Å²) in [4.78, 5) is 7.29. The number of fused-ring (bicyclic) bond motifs is 2. The zero-order valence-corrected chi connectivity index (χ0v) is 19.5. The highest BCUT2D eigenvalue weighted by atomic mass is 127. The van der Waals surface area contributed by atoms with E-state index in [0.717, 1.165) is 12.5 Å². The molecule has 0 saturated carbocycles. The van der Waals surface area contributed by atoms with Gasteiger partial charge < -0.3 is 20.3 Å². The maximum Gasteiger partial charge on any atom is 0.191 e. The van der Waals surface area contributed by atoms with Gasteiger partial charge in [-0.2, -0.15) is 0 Å². The fourth-order valence-corrected chi connectivity index (χ4v) is 4.25. The number of guanidine groups is 1. The summed E-state index contributed by atoms with van der Waals surface area (Å²) in [6, 6.07) is 7.98. The Hall–Kier alpha value is -1.09. The van der Waals surface area contributed by atoms with Gasteiger partial charge in [-0.05, 0) is 70.8 Å². The average Bonchev–Trinajstić information content (AvgIpc) is 2.63. The molecule has 3 atom stereocenters. The molecule has 2 bridgehead atoms. The number of hydrogen-bond acceptors (Lipinski definition) is 3. The van der Waals surface area contributed by atoms with Gasteiger partial charge in [0.05, 0.1) is 6.54 Å². The van der Waals surface area contributed by atoms with Gasteiger partial charge in [0.2, 0.25) is 0 Å². The largest absolute Gasteiger partial charge is 0.489 e. The van der Waals surface area contributed by atoms with Crippen molar-refractivity contribution in [3.8, 4) is 5.75 Å². The van der Waals surface area contributed by atoms with E-state index in [1.807, 2.05) is 6.92 Å². The molecule has 0 aliphatic carbocycles. The molecule has 3 unspecified atom stereocenters. The zero-order chi connectivity index (χ0) is 19.2. The van der Waals surface area contributed by atoms with Crippen LogP contribution in [0.1, 0.15) is 46.0 Å². The van der Waals surface area contributed by atoms with E-state index in [-0.39, 0.29) is 35.9 Å².